The van der Waals surface area contributed by atoms with E-state index in [9.17, 15) is 4.79 Å². The molecule has 110 valence electrons. The van der Waals surface area contributed by atoms with E-state index in [0.717, 1.165) is 12.0 Å². The number of hydrogen-bond donors (Lipinski definition) is 0. The predicted octanol–water partition coefficient (Wildman–Crippen LogP) is 3.88. The third kappa shape index (κ3) is 7.10. The molecular formula is C17H24O3. The molecule has 0 heterocycles. The van der Waals surface area contributed by atoms with Crippen LogP contribution >= 0.6 is 0 Å². The first-order valence-corrected chi connectivity index (χ1v) is 6.91. The molecule has 1 rings (SSSR count). The van der Waals surface area contributed by atoms with Crippen molar-refractivity contribution in [2.24, 2.45) is 0 Å². The summed E-state index contributed by atoms with van der Waals surface area (Å²) < 4.78 is 10.8. The van der Waals surface area contributed by atoms with Gasteiger partial charge in [0.25, 0.3) is 0 Å². The number of benzene rings is 1. The summed E-state index contributed by atoms with van der Waals surface area (Å²) in [5.74, 6) is -0.319. The molecule has 0 atom stereocenters. The molecule has 3 nitrogen and oxygen atoms in total. The standard InChI is InChI=1S/C17H24O3/c1-14(16(18)20-17(2,3)4)9-8-12-19-13-15-10-6-5-7-11-15/h5-7,10-11H,1,8-9,12-13H2,2-4H3. The fraction of sp³-hybridized carbons (Fsp3) is 0.471. The lowest BCUT2D eigenvalue weighted by atomic mass is 10.1. The van der Waals surface area contributed by atoms with Crippen LogP contribution in [0.4, 0.5) is 0 Å². The lowest BCUT2D eigenvalue weighted by Gasteiger charge is -2.20. The molecule has 3 heteroatoms. The summed E-state index contributed by atoms with van der Waals surface area (Å²) in [5, 5.41) is 0. The number of ether oxygens (including phenoxy) is 2. The molecule has 0 aromatic heterocycles. The molecule has 0 N–H and O–H groups in total. The topological polar surface area (TPSA) is 35.5 Å². The van der Waals surface area contributed by atoms with Gasteiger partial charge in [-0.1, -0.05) is 36.9 Å². The van der Waals surface area contributed by atoms with Gasteiger partial charge in [-0.15, -0.1) is 0 Å². The Hall–Kier alpha value is -1.61. The molecule has 0 aliphatic heterocycles. The average molecular weight is 276 g/mol. The second-order valence-electron chi connectivity index (χ2n) is 5.75. The molecule has 0 fully saturated rings. The van der Waals surface area contributed by atoms with Crippen molar-refractivity contribution < 1.29 is 14.3 Å². The van der Waals surface area contributed by atoms with Crippen LogP contribution < -0.4 is 0 Å². The number of carbonyl (C=O) groups is 1. The SMILES string of the molecule is C=C(CCCOCc1ccccc1)C(=O)OC(C)(C)C. The van der Waals surface area contributed by atoms with Gasteiger partial charge < -0.3 is 9.47 Å². The largest absolute Gasteiger partial charge is 0.457 e. The summed E-state index contributed by atoms with van der Waals surface area (Å²) in [6, 6.07) is 10.0. The molecule has 0 unspecified atom stereocenters. The van der Waals surface area contributed by atoms with Crippen molar-refractivity contribution in [2.75, 3.05) is 6.61 Å². The maximum absolute atomic E-state index is 11.7. The summed E-state index contributed by atoms with van der Waals surface area (Å²) in [4.78, 5) is 11.7. The lowest BCUT2D eigenvalue weighted by Crippen LogP contribution is -2.24. The molecule has 0 bridgehead atoms. The van der Waals surface area contributed by atoms with Gasteiger partial charge in [0.05, 0.1) is 6.61 Å². The van der Waals surface area contributed by atoms with Gasteiger partial charge in [0.1, 0.15) is 5.60 Å². The van der Waals surface area contributed by atoms with Crippen LogP contribution in [-0.2, 0) is 20.9 Å². The van der Waals surface area contributed by atoms with Crippen LogP contribution in [-0.4, -0.2) is 18.2 Å². The third-order valence-electron chi connectivity index (χ3n) is 2.57. The van der Waals surface area contributed by atoms with Crippen LogP contribution in [0.25, 0.3) is 0 Å². The van der Waals surface area contributed by atoms with E-state index in [1.54, 1.807) is 0 Å². The smallest absolute Gasteiger partial charge is 0.333 e. The summed E-state index contributed by atoms with van der Waals surface area (Å²) in [5.41, 5.74) is 1.19. The van der Waals surface area contributed by atoms with Crippen molar-refractivity contribution in [1.82, 2.24) is 0 Å². The van der Waals surface area contributed by atoms with E-state index in [1.165, 1.54) is 0 Å². The number of esters is 1. The van der Waals surface area contributed by atoms with Gasteiger partial charge in [-0.3, -0.25) is 0 Å². The second-order valence-corrected chi connectivity index (χ2v) is 5.75. The summed E-state index contributed by atoms with van der Waals surface area (Å²) in [6.07, 6.45) is 1.37. The minimum Gasteiger partial charge on any atom is -0.457 e. The summed E-state index contributed by atoms with van der Waals surface area (Å²) in [6.45, 7) is 10.5. The fourth-order valence-corrected chi connectivity index (χ4v) is 1.60. The van der Waals surface area contributed by atoms with Gasteiger partial charge in [-0.2, -0.15) is 0 Å². The van der Waals surface area contributed by atoms with Crippen LogP contribution in [0.1, 0.15) is 39.2 Å². The molecule has 0 saturated carbocycles. The van der Waals surface area contributed by atoms with Crippen LogP contribution in [0, 0.1) is 0 Å². The monoisotopic (exact) mass is 276 g/mol. The minimum absolute atomic E-state index is 0.319. The van der Waals surface area contributed by atoms with Crippen molar-refractivity contribution in [3.05, 3.63) is 48.0 Å². The number of rotatable bonds is 7. The van der Waals surface area contributed by atoms with Gasteiger partial charge in [0.15, 0.2) is 0 Å². The van der Waals surface area contributed by atoms with E-state index in [4.69, 9.17) is 9.47 Å². The molecule has 1 aromatic rings. The van der Waals surface area contributed by atoms with E-state index in [0.29, 0.717) is 25.2 Å². The zero-order chi connectivity index (χ0) is 15.0. The minimum atomic E-state index is -0.468. The Morgan fingerprint density at radius 3 is 2.45 bits per heavy atom. The molecule has 0 saturated heterocycles. The Kier molecular flexibility index (Phi) is 6.46. The van der Waals surface area contributed by atoms with Gasteiger partial charge in [0.2, 0.25) is 0 Å². The van der Waals surface area contributed by atoms with Gasteiger partial charge >= 0.3 is 5.97 Å². The van der Waals surface area contributed by atoms with Gasteiger partial charge in [-0.25, -0.2) is 4.79 Å². The van der Waals surface area contributed by atoms with E-state index < -0.39 is 5.60 Å². The third-order valence-corrected chi connectivity index (χ3v) is 2.57. The van der Waals surface area contributed by atoms with E-state index in [2.05, 4.69) is 6.58 Å². The molecule has 0 aliphatic carbocycles. The first-order chi connectivity index (χ1) is 9.38. The number of carbonyl (C=O) groups excluding carboxylic acids is 1. The maximum Gasteiger partial charge on any atom is 0.333 e. The Balaban J connectivity index is 2.15. The van der Waals surface area contributed by atoms with Crippen molar-refractivity contribution in [1.29, 1.82) is 0 Å². The van der Waals surface area contributed by atoms with Gasteiger partial charge in [0, 0.05) is 12.2 Å². The quantitative estimate of drug-likeness (QED) is 0.431. The summed E-state index contributed by atoms with van der Waals surface area (Å²) in [7, 11) is 0. The average Bonchev–Trinajstić information content (AvgIpc) is 2.37. The Morgan fingerprint density at radius 2 is 1.85 bits per heavy atom. The maximum atomic E-state index is 11.7. The Labute approximate surface area is 121 Å². The normalized spacial score (nSPS) is 11.2. The molecule has 0 radical (unpaired) electrons. The predicted molar refractivity (Wildman–Crippen MR) is 80.3 cm³/mol. The Morgan fingerprint density at radius 1 is 1.20 bits per heavy atom. The highest BCUT2D eigenvalue weighted by molar-refractivity contribution is 5.87. The highest BCUT2D eigenvalue weighted by atomic mass is 16.6. The molecule has 0 aliphatic rings. The van der Waals surface area contributed by atoms with Crippen LogP contribution in [0.5, 0.6) is 0 Å². The van der Waals surface area contributed by atoms with Crippen LogP contribution in [0.2, 0.25) is 0 Å². The number of hydrogen-bond acceptors (Lipinski definition) is 3. The zero-order valence-electron chi connectivity index (χ0n) is 12.6. The molecule has 1 aromatic carbocycles. The fourth-order valence-electron chi connectivity index (χ4n) is 1.60. The second kappa shape index (κ2) is 7.85. The zero-order valence-corrected chi connectivity index (χ0v) is 12.6. The van der Waals surface area contributed by atoms with Crippen LogP contribution in [0.3, 0.4) is 0 Å². The molecule has 0 spiro atoms. The molecule has 0 amide bonds. The van der Waals surface area contributed by atoms with Crippen molar-refractivity contribution in [3.63, 3.8) is 0 Å². The highest BCUT2D eigenvalue weighted by Gasteiger charge is 2.18. The molecular weight excluding hydrogens is 252 g/mol. The first kappa shape index (κ1) is 16.4. The van der Waals surface area contributed by atoms with E-state index >= 15 is 0 Å². The highest BCUT2D eigenvalue weighted by Crippen LogP contribution is 2.13. The molecule has 20 heavy (non-hydrogen) atoms. The van der Waals surface area contributed by atoms with Crippen LogP contribution in [0.15, 0.2) is 42.5 Å². The lowest BCUT2D eigenvalue weighted by molar-refractivity contribution is -0.150. The van der Waals surface area contributed by atoms with E-state index in [1.807, 2.05) is 51.1 Å². The van der Waals surface area contributed by atoms with Crippen molar-refractivity contribution >= 4 is 5.97 Å². The summed E-state index contributed by atoms with van der Waals surface area (Å²) >= 11 is 0. The van der Waals surface area contributed by atoms with Crippen molar-refractivity contribution in [2.45, 2.75) is 45.8 Å². The van der Waals surface area contributed by atoms with Crippen molar-refractivity contribution in [3.8, 4) is 0 Å². The van der Waals surface area contributed by atoms with E-state index in [-0.39, 0.29) is 5.97 Å². The Bertz CT molecular complexity index is 429. The first-order valence-electron chi connectivity index (χ1n) is 6.91. The van der Waals surface area contributed by atoms with Gasteiger partial charge in [-0.05, 0) is 39.2 Å².